The number of hydrogen-bond acceptors (Lipinski definition) is 3. The molecule has 0 aromatic rings. The van der Waals surface area contributed by atoms with Crippen LogP contribution in [0, 0.1) is 0 Å². The average molecular weight is 258 g/mol. The van der Waals surface area contributed by atoms with E-state index in [-0.39, 0.29) is 0 Å². The van der Waals surface area contributed by atoms with Gasteiger partial charge in [0.15, 0.2) is 0 Å². The summed E-state index contributed by atoms with van der Waals surface area (Å²) in [6.07, 6.45) is 0. The van der Waals surface area contributed by atoms with E-state index in [0.717, 1.165) is 0 Å². The van der Waals surface area contributed by atoms with Crippen LogP contribution in [0.1, 0.15) is 6.92 Å². The van der Waals surface area contributed by atoms with Gasteiger partial charge in [0, 0.05) is 25.5 Å². The number of halogens is 1. The average Bonchev–Trinajstić information content (AvgIpc) is 2.17. The Morgan fingerprint density at radius 3 is 2.33 bits per heavy atom. The van der Waals surface area contributed by atoms with Gasteiger partial charge in [-0.15, -0.1) is 11.6 Å². The summed E-state index contributed by atoms with van der Waals surface area (Å²) in [6, 6.07) is 0. The SMILES string of the molecule is CCOP(=O)(N(C)C)N(CCN)CCCl. The minimum atomic E-state index is -2.93. The molecule has 0 saturated carbocycles. The third-order valence-corrected chi connectivity index (χ3v) is 4.78. The van der Waals surface area contributed by atoms with E-state index < -0.39 is 7.67 Å². The Labute approximate surface area is 97.1 Å². The van der Waals surface area contributed by atoms with Gasteiger partial charge in [0.1, 0.15) is 0 Å². The van der Waals surface area contributed by atoms with Gasteiger partial charge in [0.05, 0.1) is 6.61 Å². The molecule has 1 unspecified atom stereocenters. The highest BCUT2D eigenvalue weighted by Gasteiger charge is 2.33. The van der Waals surface area contributed by atoms with Crippen LogP contribution >= 0.6 is 19.3 Å². The monoisotopic (exact) mass is 257 g/mol. The van der Waals surface area contributed by atoms with Crippen molar-refractivity contribution in [3.63, 3.8) is 0 Å². The second-order valence-corrected chi connectivity index (χ2v) is 6.17. The maximum Gasteiger partial charge on any atom is 0.345 e. The molecule has 0 amide bonds. The standard InChI is InChI=1S/C8H21ClN3O2P/c1-4-14-15(13,11(2)3)12(7-5-9)8-6-10/h4-8,10H2,1-3H3. The first-order valence-electron chi connectivity index (χ1n) is 4.96. The molecule has 0 aromatic heterocycles. The molecular weight excluding hydrogens is 237 g/mol. The fraction of sp³-hybridized carbons (Fsp3) is 1.00. The second-order valence-electron chi connectivity index (χ2n) is 3.19. The van der Waals surface area contributed by atoms with Crippen molar-refractivity contribution in [1.82, 2.24) is 9.34 Å². The summed E-state index contributed by atoms with van der Waals surface area (Å²) >= 11 is 5.67. The Kier molecular flexibility index (Phi) is 7.79. The predicted molar refractivity (Wildman–Crippen MR) is 64.3 cm³/mol. The van der Waals surface area contributed by atoms with Gasteiger partial charge in [-0.1, -0.05) is 0 Å². The molecule has 2 N–H and O–H groups in total. The van der Waals surface area contributed by atoms with E-state index in [1.807, 2.05) is 6.92 Å². The molecule has 0 aromatic carbocycles. The number of alkyl halides is 1. The molecule has 0 saturated heterocycles. The predicted octanol–water partition coefficient (Wildman–Crippen LogP) is 1.19. The second kappa shape index (κ2) is 7.60. The molecule has 0 fully saturated rings. The molecule has 0 heterocycles. The highest BCUT2D eigenvalue weighted by molar-refractivity contribution is 7.53. The summed E-state index contributed by atoms with van der Waals surface area (Å²) in [4.78, 5) is 0. The van der Waals surface area contributed by atoms with Gasteiger partial charge in [-0.3, -0.25) is 4.57 Å². The van der Waals surface area contributed by atoms with Gasteiger partial charge in [-0.25, -0.2) is 9.34 Å². The Balaban J connectivity index is 4.73. The summed E-state index contributed by atoms with van der Waals surface area (Å²) in [5.74, 6) is 0.408. The first-order valence-corrected chi connectivity index (χ1v) is 7.03. The first kappa shape index (κ1) is 15.4. The molecular formula is C8H21ClN3O2P. The van der Waals surface area contributed by atoms with Crippen molar-refractivity contribution in [2.24, 2.45) is 5.73 Å². The molecule has 0 aliphatic heterocycles. The van der Waals surface area contributed by atoms with Crippen LogP contribution in [0.15, 0.2) is 0 Å². The van der Waals surface area contributed by atoms with E-state index in [9.17, 15) is 4.57 Å². The lowest BCUT2D eigenvalue weighted by Gasteiger charge is -2.33. The zero-order valence-corrected chi connectivity index (χ0v) is 11.3. The van der Waals surface area contributed by atoms with Gasteiger partial charge in [0.2, 0.25) is 0 Å². The number of nitrogens with zero attached hydrogens (tertiary/aromatic N) is 2. The van der Waals surface area contributed by atoms with Crippen molar-refractivity contribution in [3.05, 3.63) is 0 Å². The maximum atomic E-state index is 12.5. The fourth-order valence-corrected chi connectivity index (χ4v) is 3.51. The molecule has 0 bridgehead atoms. The van der Waals surface area contributed by atoms with E-state index in [4.69, 9.17) is 21.9 Å². The minimum Gasteiger partial charge on any atom is -0.329 e. The molecule has 0 aliphatic rings. The van der Waals surface area contributed by atoms with Crippen molar-refractivity contribution >= 4 is 19.3 Å². The van der Waals surface area contributed by atoms with Gasteiger partial charge in [-0.05, 0) is 21.0 Å². The molecule has 0 aliphatic carbocycles. The third kappa shape index (κ3) is 4.39. The van der Waals surface area contributed by atoms with Crippen LogP contribution in [0.5, 0.6) is 0 Å². The molecule has 7 heteroatoms. The van der Waals surface area contributed by atoms with Crippen LogP contribution in [0.25, 0.3) is 0 Å². The summed E-state index contributed by atoms with van der Waals surface area (Å²) in [6.45, 7) is 3.68. The Bertz CT molecular complexity index is 210. The van der Waals surface area contributed by atoms with E-state index in [1.54, 1.807) is 23.4 Å². The van der Waals surface area contributed by atoms with Crippen LogP contribution in [0.4, 0.5) is 0 Å². The molecule has 5 nitrogen and oxygen atoms in total. The summed E-state index contributed by atoms with van der Waals surface area (Å²) in [5.41, 5.74) is 5.47. The zero-order chi connectivity index (χ0) is 11.9. The largest absolute Gasteiger partial charge is 0.345 e. The minimum absolute atomic E-state index is 0.402. The van der Waals surface area contributed by atoms with Crippen molar-refractivity contribution in [1.29, 1.82) is 0 Å². The molecule has 0 radical (unpaired) electrons. The Morgan fingerprint density at radius 2 is 2.00 bits per heavy atom. The summed E-state index contributed by atoms with van der Waals surface area (Å²) in [7, 11) is 0.528. The lowest BCUT2D eigenvalue weighted by Crippen LogP contribution is -2.34. The first-order chi connectivity index (χ1) is 7.02. The van der Waals surface area contributed by atoms with Crippen LogP contribution in [-0.2, 0) is 9.09 Å². The van der Waals surface area contributed by atoms with Crippen LogP contribution in [0.3, 0.4) is 0 Å². The van der Waals surface area contributed by atoms with Crippen LogP contribution in [-0.4, -0.2) is 55.6 Å². The molecule has 0 rings (SSSR count). The van der Waals surface area contributed by atoms with Crippen LogP contribution in [0.2, 0.25) is 0 Å². The van der Waals surface area contributed by atoms with Gasteiger partial charge >= 0.3 is 7.67 Å². The molecule has 0 spiro atoms. The van der Waals surface area contributed by atoms with Crippen molar-refractivity contribution in [2.45, 2.75) is 6.92 Å². The third-order valence-electron chi connectivity index (χ3n) is 1.89. The highest BCUT2D eigenvalue weighted by Crippen LogP contribution is 2.51. The zero-order valence-electron chi connectivity index (χ0n) is 9.65. The van der Waals surface area contributed by atoms with Gasteiger partial charge in [-0.2, -0.15) is 0 Å². The van der Waals surface area contributed by atoms with Crippen LogP contribution < -0.4 is 5.73 Å². The lowest BCUT2D eigenvalue weighted by atomic mass is 10.6. The number of rotatable bonds is 8. The Morgan fingerprint density at radius 1 is 1.40 bits per heavy atom. The maximum absolute atomic E-state index is 12.5. The topological polar surface area (TPSA) is 58.8 Å². The molecule has 15 heavy (non-hydrogen) atoms. The van der Waals surface area contributed by atoms with Crippen molar-refractivity contribution in [3.8, 4) is 0 Å². The fourth-order valence-electron chi connectivity index (χ4n) is 1.23. The number of nitrogens with two attached hydrogens (primary N) is 1. The van der Waals surface area contributed by atoms with E-state index in [2.05, 4.69) is 0 Å². The number of hydrogen-bond donors (Lipinski definition) is 1. The van der Waals surface area contributed by atoms with Gasteiger partial charge in [0.25, 0.3) is 0 Å². The summed E-state index contributed by atoms with van der Waals surface area (Å²) in [5, 5.41) is 0. The Hall–Kier alpha value is 0.360. The van der Waals surface area contributed by atoms with E-state index in [0.29, 0.717) is 32.1 Å². The quantitative estimate of drug-likeness (QED) is 0.523. The molecule has 1 atom stereocenters. The van der Waals surface area contributed by atoms with E-state index >= 15 is 0 Å². The lowest BCUT2D eigenvalue weighted by molar-refractivity contribution is 0.239. The van der Waals surface area contributed by atoms with Gasteiger partial charge < -0.3 is 10.3 Å². The van der Waals surface area contributed by atoms with Crippen molar-refractivity contribution < 1.29 is 9.09 Å². The summed E-state index contributed by atoms with van der Waals surface area (Å²) < 4.78 is 21.2. The van der Waals surface area contributed by atoms with E-state index in [1.165, 1.54) is 0 Å². The normalized spacial score (nSPS) is 15.9. The smallest absolute Gasteiger partial charge is 0.329 e. The highest BCUT2D eigenvalue weighted by atomic mass is 35.5. The van der Waals surface area contributed by atoms with Crippen molar-refractivity contribution in [2.75, 3.05) is 46.2 Å². The molecule has 92 valence electrons.